The van der Waals surface area contributed by atoms with Crippen molar-refractivity contribution in [2.45, 2.75) is 32.2 Å². The molecule has 2 N–H and O–H groups in total. The van der Waals surface area contributed by atoms with Crippen molar-refractivity contribution in [3.63, 3.8) is 0 Å². The van der Waals surface area contributed by atoms with Crippen LogP contribution in [0.5, 0.6) is 5.75 Å². The number of carbonyl (C=O) groups is 1. The third-order valence-electron chi connectivity index (χ3n) is 4.14. The minimum atomic E-state index is -0.819. The topological polar surface area (TPSA) is 58.6 Å². The van der Waals surface area contributed by atoms with Gasteiger partial charge in [0, 0.05) is 23.2 Å². The molecule has 0 spiro atoms. The van der Waals surface area contributed by atoms with Crippen molar-refractivity contribution in [1.82, 2.24) is 0 Å². The van der Waals surface area contributed by atoms with E-state index in [-0.39, 0.29) is 11.8 Å². The number of aliphatic carboxylic acids is 1. The van der Waals surface area contributed by atoms with Gasteiger partial charge in [0.1, 0.15) is 5.75 Å². The van der Waals surface area contributed by atoms with Gasteiger partial charge in [-0.1, -0.05) is 38.1 Å². The Balaban J connectivity index is 1.68. The smallest absolute Gasteiger partial charge is 0.307 e. The van der Waals surface area contributed by atoms with E-state index in [0.717, 1.165) is 29.2 Å². The lowest BCUT2D eigenvalue weighted by Gasteiger charge is -2.15. The molecule has 1 aliphatic heterocycles. The molecule has 2 aromatic carbocycles. The molecule has 0 aliphatic carbocycles. The van der Waals surface area contributed by atoms with E-state index in [1.807, 2.05) is 24.3 Å². The number of carboxylic acids is 1. The highest BCUT2D eigenvalue weighted by atomic mass is 16.5. The largest absolute Gasteiger partial charge is 0.492 e. The van der Waals surface area contributed by atoms with Crippen LogP contribution >= 0.6 is 0 Å². The fourth-order valence-corrected chi connectivity index (χ4v) is 2.86. The SMILES string of the molecule is CC1(C)COc2cc(CNc3cccc(CC(=O)O)c3)ccc21. The first-order chi connectivity index (χ1) is 10.9. The minimum Gasteiger partial charge on any atom is -0.492 e. The number of hydrogen-bond donors (Lipinski definition) is 2. The molecule has 3 rings (SSSR count). The molecule has 4 nitrogen and oxygen atoms in total. The van der Waals surface area contributed by atoms with Crippen LogP contribution in [0.3, 0.4) is 0 Å². The molecular weight excluding hydrogens is 290 g/mol. The number of hydrogen-bond acceptors (Lipinski definition) is 3. The molecule has 0 aromatic heterocycles. The van der Waals surface area contributed by atoms with Gasteiger partial charge in [0.2, 0.25) is 0 Å². The van der Waals surface area contributed by atoms with E-state index in [4.69, 9.17) is 9.84 Å². The Labute approximate surface area is 136 Å². The summed E-state index contributed by atoms with van der Waals surface area (Å²) in [6.07, 6.45) is 0.0390. The van der Waals surface area contributed by atoms with Gasteiger partial charge in [-0.25, -0.2) is 0 Å². The fraction of sp³-hybridized carbons (Fsp3) is 0.316. The average molecular weight is 311 g/mol. The van der Waals surface area contributed by atoms with Crippen molar-refractivity contribution in [2.75, 3.05) is 11.9 Å². The zero-order chi connectivity index (χ0) is 16.4. The molecule has 0 amide bonds. The second kappa shape index (κ2) is 5.95. The Hall–Kier alpha value is -2.49. The van der Waals surface area contributed by atoms with Crippen LogP contribution in [0.25, 0.3) is 0 Å². The van der Waals surface area contributed by atoms with Crippen molar-refractivity contribution in [3.05, 3.63) is 59.2 Å². The van der Waals surface area contributed by atoms with E-state index >= 15 is 0 Å². The Morgan fingerprint density at radius 3 is 2.83 bits per heavy atom. The maximum atomic E-state index is 10.8. The van der Waals surface area contributed by atoms with Crippen LogP contribution in [0, 0.1) is 0 Å². The highest BCUT2D eigenvalue weighted by Crippen LogP contribution is 2.38. The van der Waals surface area contributed by atoms with E-state index in [0.29, 0.717) is 6.54 Å². The first-order valence-electron chi connectivity index (χ1n) is 7.75. The summed E-state index contributed by atoms with van der Waals surface area (Å²) >= 11 is 0. The monoisotopic (exact) mass is 311 g/mol. The van der Waals surface area contributed by atoms with Crippen molar-refractivity contribution >= 4 is 11.7 Å². The molecule has 0 saturated heterocycles. The lowest BCUT2D eigenvalue weighted by Crippen LogP contribution is -2.18. The molecule has 0 saturated carbocycles. The predicted octanol–water partition coefficient (Wildman–Crippen LogP) is 3.60. The third kappa shape index (κ3) is 3.47. The van der Waals surface area contributed by atoms with E-state index in [1.54, 1.807) is 0 Å². The van der Waals surface area contributed by atoms with Crippen LogP contribution in [0.2, 0.25) is 0 Å². The Morgan fingerprint density at radius 1 is 1.22 bits per heavy atom. The number of ether oxygens (including phenoxy) is 1. The Morgan fingerprint density at radius 2 is 2.04 bits per heavy atom. The molecule has 120 valence electrons. The number of nitrogens with one attached hydrogen (secondary N) is 1. The van der Waals surface area contributed by atoms with E-state index in [2.05, 4.69) is 37.4 Å². The minimum absolute atomic E-state index is 0.0390. The summed E-state index contributed by atoms with van der Waals surface area (Å²) in [5, 5.41) is 12.2. The Bertz CT molecular complexity index is 737. The number of anilines is 1. The van der Waals surface area contributed by atoms with E-state index in [1.165, 1.54) is 5.56 Å². The number of carboxylic acid groups (broad SMARTS) is 1. The molecule has 1 aliphatic rings. The molecule has 4 heteroatoms. The molecule has 0 bridgehead atoms. The van der Waals surface area contributed by atoms with Gasteiger partial charge in [0.25, 0.3) is 0 Å². The summed E-state index contributed by atoms with van der Waals surface area (Å²) in [7, 11) is 0. The maximum absolute atomic E-state index is 10.8. The Kier molecular flexibility index (Phi) is 3.99. The predicted molar refractivity (Wildman–Crippen MR) is 90.1 cm³/mol. The van der Waals surface area contributed by atoms with Crippen LogP contribution < -0.4 is 10.1 Å². The summed E-state index contributed by atoms with van der Waals surface area (Å²) in [6, 6.07) is 13.8. The van der Waals surface area contributed by atoms with Gasteiger partial charge in [-0.3, -0.25) is 4.79 Å². The summed E-state index contributed by atoms with van der Waals surface area (Å²) in [5.41, 5.74) is 4.19. The summed E-state index contributed by atoms with van der Waals surface area (Å²) in [5.74, 6) is 0.148. The number of fused-ring (bicyclic) bond motifs is 1. The van der Waals surface area contributed by atoms with Gasteiger partial charge in [0.15, 0.2) is 0 Å². The zero-order valence-electron chi connectivity index (χ0n) is 13.4. The molecule has 1 heterocycles. The van der Waals surface area contributed by atoms with Crippen molar-refractivity contribution in [3.8, 4) is 5.75 Å². The van der Waals surface area contributed by atoms with Crippen LogP contribution in [-0.2, 0) is 23.2 Å². The maximum Gasteiger partial charge on any atom is 0.307 e. The lowest BCUT2D eigenvalue weighted by atomic mass is 9.86. The van der Waals surface area contributed by atoms with E-state index in [9.17, 15) is 4.79 Å². The summed E-state index contributed by atoms with van der Waals surface area (Å²) in [6.45, 7) is 5.76. The molecular formula is C19H21NO3. The first-order valence-corrected chi connectivity index (χ1v) is 7.75. The molecule has 23 heavy (non-hydrogen) atoms. The lowest BCUT2D eigenvalue weighted by molar-refractivity contribution is -0.136. The molecule has 0 atom stereocenters. The number of benzene rings is 2. The van der Waals surface area contributed by atoms with Crippen LogP contribution in [-0.4, -0.2) is 17.7 Å². The van der Waals surface area contributed by atoms with Crippen LogP contribution in [0.4, 0.5) is 5.69 Å². The van der Waals surface area contributed by atoms with Gasteiger partial charge < -0.3 is 15.2 Å². The van der Waals surface area contributed by atoms with Gasteiger partial charge >= 0.3 is 5.97 Å². The molecule has 0 unspecified atom stereocenters. The number of rotatable bonds is 5. The standard InChI is InChI=1S/C19H21NO3/c1-19(2)12-23-17-9-14(6-7-16(17)19)11-20-15-5-3-4-13(8-15)10-18(21)22/h3-9,20H,10-12H2,1-2H3,(H,21,22). The van der Waals surface area contributed by atoms with Gasteiger partial charge in [0.05, 0.1) is 13.0 Å². The molecule has 0 fully saturated rings. The third-order valence-corrected chi connectivity index (χ3v) is 4.14. The van der Waals surface area contributed by atoms with Crippen LogP contribution in [0.15, 0.2) is 42.5 Å². The highest BCUT2D eigenvalue weighted by molar-refractivity contribution is 5.70. The molecule has 2 aromatic rings. The quantitative estimate of drug-likeness (QED) is 0.886. The zero-order valence-corrected chi connectivity index (χ0v) is 13.4. The highest BCUT2D eigenvalue weighted by Gasteiger charge is 2.31. The van der Waals surface area contributed by atoms with Gasteiger partial charge in [-0.2, -0.15) is 0 Å². The van der Waals surface area contributed by atoms with Gasteiger partial charge in [-0.15, -0.1) is 0 Å². The normalized spacial score (nSPS) is 14.9. The fourth-order valence-electron chi connectivity index (χ4n) is 2.86. The van der Waals surface area contributed by atoms with Crippen LogP contribution in [0.1, 0.15) is 30.5 Å². The average Bonchev–Trinajstić information content (AvgIpc) is 2.80. The van der Waals surface area contributed by atoms with Crippen molar-refractivity contribution in [2.24, 2.45) is 0 Å². The van der Waals surface area contributed by atoms with Crippen molar-refractivity contribution in [1.29, 1.82) is 0 Å². The molecule has 0 radical (unpaired) electrons. The first kappa shape index (κ1) is 15.4. The second-order valence-electron chi connectivity index (χ2n) is 6.63. The summed E-state index contributed by atoms with van der Waals surface area (Å²) in [4.78, 5) is 10.8. The van der Waals surface area contributed by atoms with E-state index < -0.39 is 5.97 Å². The van der Waals surface area contributed by atoms with Gasteiger partial charge in [-0.05, 0) is 29.3 Å². The summed E-state index contributed by atoms with van der Waals surface area (Å²) < 4.78 is 5.78. The second-order valence-corrected chi connectivity index (χ2v) is 6.63. The van der Waals surface area contributed by atoms with Crippen molar-refractivity contribution < 1.29 is 14.6 Å².